The molecule has 3 nitrogen and oxygen atoms in total. The molecule has 0 unspecified atom stereocenters. The molecular formula is C16H26FN3. The molecule has 112 valence electrons. The van der Waals surface area contributed by atoms with Crippen LogP contribution in [0.5, 0.6) is 0 Å². The summed E-state index contributed by atoms with van der Waals surface area (Å²) in [4.78, 5) is 6.27. The van der Waals surface area contributed by atoms with Gasteiger partial charge in [-0.15, -0.1) is 0 Å². The maximum Gasteiger partial charge on any atom is 0.170 e. The molecule has 0 aliphatic heterocycles. The number of rotatable bonds is 4. The second kappa shape index (κ2) is 6.08. The molecule has 1 saturated carbocycles. The van der Waals surface area contributed by atoms with Crippen LogP contribution in [0.2, 0.25) is 0 Å². The van der Waals surface area contributed by atoms with E-state index in [9.17, 15) is 4.39 Å². The molecule has 1 heterocycles. The highest BCUT2D eigenvalue weighted by atomic mass is 19.1. The first-order valence-corrected chi connectivity index (χ1v) is 7.50. The predicted octanol–water partition coefficient (Wildman–Crippen LogP) is 3.49. The number of pyridine rings is 1. The summed E-state index contributed by atoms with van der Waals surface area (Å²) in [6, 6.07) is 2.20. The van der Waals surface area contributed by atoms with Crippen molar-refractivity contribution in [2.24, 2.45) is 0 Å². The van der Waals surface area contributed by atoms with Gasteiger partial charge in [0.1, 0.15) is 0 Å². The van der Waals surface area contributed by atoms with Crippen LogP contribution in [0.15, 0.2) is 12.3 Å². The largest absolute Gasteiger partial charge is 0.354 e. The molecule has 0 radical (unpaired) electrons. The molecule has 1 aliphatic carbocycles. The van der Waals surface area contributed by atoms with Crippen LogP contribution in [-0.2, 0) is 6.54 Å². The van der Waals surface area contributed by atoms with Gasteiger partial charge < -0.3 is 10.2 Å². The Labute approximate surface area is 121 Å². The van der Waals surface area contributed by atoms with E-state index in [-0.39, 0.29) is 11.4 Å². The van der Waals surface area contributed by atoms with Gasteiger partial charge in [0.05, 0.1) is 0 Å². The minimum Gasteiger partial charge on any atom is -0.354 e. The Kier molecular flexibility index (Phi) is 4.63. The van der Waals surface area contributed by atoms with E-state index < -0.39 is 0 Å². The highest BCUT2D eigenvalue weighted by molar-refractivity contribution is 5.43. The lowest BCUT2D eigenvalue weighted by atomic mass is 10.1. The van der Waals surface area contributed by atoms with Gasteiger partial charge in [0.2, 0.25) is 0 Å². The van der Waals surface area contributed by atoms with Crippen molar-refractivity contribution in [1.29, 1.82) is 0 Å². The Morgan fingerprint density at radius 2 is 2.00 bits per heavy atom. The molecule has 0 saturated heterocycles. The lowest BCUT2D eigenvalue weighted by molar-refractivity contribution is 0.418. The van der Waals surface area contributed by atoms with Gasteiger partial charge in [-0.05, 0) is 39.7 Å². The van der Waals surface area contributed by atoms with Crippen LogP contribution in [0.3, 0.4) is 0 Å². The lowest BCUT2D eigenvalue weighted by Crippen LogP contribution is -2.36. The quantitative estimate of drug-likeness (QED) is 0.914. The fourth-order valence-electron chi connectivity index (χ4n) is 2.68. The Morgan fingerprint density at radius 3 is 2.60 bits per heavy atom. The van der Waals surface area contributed by atoms with Gasteiger partial charge in [-0.2, -0.15) is 0 Å². The highest BCUT2D eigenvalue weighted by Crippen LogP contribution is 2.28. The molecule has 4 heteroatoms. The van der Waals surface area contributed by atoms with Crippen molar-refractivity contribution in [2.45, 2.75) is 64.6 Å². The van der Waals surface area contributed by atoms with E-state index in [0.717, 1.165) is 12.8 Å². The Bertz CT molecular complexity index is 448. The van der Waals surface area contributed by atoms with Gasteiger partial charge >= 0.3 is 0 Å². The average molecular weight is 279 g/mol. The third-order valence-corrected chi connectivity index (χ3v) is 3.97. The number of nitrogens with zero attached hydrogens (tertiary/aromatic N) is 2. The number of halogens is 1. The maximum atomic E-state index is 14.6. The summed E-state index contributed by atoms with van der Waals surface area (Å²) < 4.78 is 14.6. The van der Waals surface area contributed by atoms with Crippen molar-refractivity contribution in [1.82, 2.24) is 10.3 Å². The monoisotopic (exact) mass is 279 g/mol. The van der Waals surface area contributed by atoms with Crippen LogP contribution in [0.4, 0.5) is 10.2 Å². The fourth-order valence-corrected chi connectivity index (χ4v) is 2.68. The molecule has 0 aromatic carbocycles. The first-order chi connectivity index (χ1) is 9.38. The third kappa shape index (κ3) is 3.69. The van der Waals surface area contributed by atoms with Crippen molar-refractivity contribution >= 4 is 5.82 Å². The maximum absolute atomic E-state index is 14.6. The number of hydrogen-bond acceptors (Lipinski definition) is 3. The Hall–Kier alpha value is -1.16. The van der Waals surface area contributed by atoms with Gasteiger partial charge in [-0.25, -0.2) is 9.37 Å². The fraction of sp³-hybridized carbons (Fsp3) is 0.688. The summed E-state index contributed by atoms with van der Waals surface area (Å²) in [6.45, 7) is 6.77. The average Bonchev–Trinajstić information content (AvgIpc) is 2.89. The van der Waals surface area contributed by atoms with Crippen LogP contribution < -0.4 is 10.2 Å². The SMILES string of the molecule is CN(c1nccc(CNC(C)(C)C)c1F)C1CCCC1. The predicted molar refractivity (Wildman–Crippen MR) is 81.4 cm³/mol. The van der Waals surface area contributed by atoms with Gasteiger partial charge in [-0.1, -0.05) is 12.8 Å². The normalized spacial score (nSPS) is 16.6. The van der Waals surface area contributed by atoms with E-state index >= 15 is 0 Å². The molecular weight excluding hydrogens is 253 g/mol. The zero-order valence-corrected chi connectivity index (χ0v) is 13.0. The van der Waals surface area contributed by atoms with Gasteiger partial charge in [0, 0.05) is 36.9 Å². The molecule has 2 rings (SSSR count). The molecule has 1 fully saturated rings. The summed E-state index contributed by atoms with van der Waals surface area (Å²) >= 11 is 0. The van der Waals surface area contributed by atoms with Gasteiger partial charge in [-0.3, -0.25) is 0 Å². The van der Waals surface area contributed by atoms with Crippen molar-refractivity contribution < 1.29 is 4.39 Å². The summed E-state index contributed by atoms with van der Waals surface area (Å²) in [7, 11) is 1.96. The lowest BCUT2D eigenvalue weighted by Gasteiger charge is -2.27. The summed E-state index contributed by atoms with van der Waals surface area (Å²) in [5.74, 6) is 0.309. The third-order valence-electron chi connectivity index (χ3n) is 3.97. The van der Waals surface area contributed by atoms with Crippen LogP contribution in [-0.4, -0.2) is 23.6 Å². The summed E-state index contributed by atoms with van der Waals surface area (Å²) in [5, 5.41) is 3.33. The van der Waals surface area contributed by atoms with E-state index in [2.05, 4.69) is 31.1 Å². The minimum absolute atomic E-state index is 0.0206. The smallest absolute Gasteiger partial charge is 0.170 e. The molecule has 0 bridgehead atoms. The summed E-state index contributed by atoms with van der Waals surface area (Å²) in [5.41, 5.74) is 0.669. The van der Waals surface area contributed by atoms with Crippen molar-refractivity contribution in [3.05, 3.63) is 23.6 Å². The highest BCUT2D eigenvalue weighted by Gasteiger charge is 2.24. The molecule has 1 aromatic rings. The number of anilines is 1. The van der Waals surface area contributed by atoms with Gasteiger partial charge in [0.15, 0.2) is 11.6 Å². The van der Waals surface area contributed by atoms with E-state index in [1.54, 1.807) is 12.3 Å². The molecule has 0 atom stereocenters. The molecule has 1 aliphatic rings. The zero-order valence-electron chi connectivity index (χ0n) is 13.0. The van der Waals surface area contributed by atoms with Crippen molar-refractivity contribution in [3.63, 3.8) is 0 Å². The number of aromatic nitrogens is 1. The summed E-state index contributed by atoms with van der Waals surface area (Å²) in [6.07, 6.45) is 6.47. The second-order valence-corrected chi connectivity index (χ2v) is 6.76. The topological polar surface area (TPSA) is 28.2 Å². The Balaban J connectivity index is 2.14. The van der Waals surface area contributed by atoms with Crippen LogP contribution in [0.25, 0.3) is 0 Å². The van der Waals surface area contributed by atoms with Gasteiger partial charge in [0.25, 0.3) is 0 Å². The van der Waals surface area contributed by atoms with E-state index in [0.29, 0.717) is 24.0 Å². The standard InChI is InChI=1S/C16H26FN3/c1-16(2,3)19-11-12-9-10-18-15(14(12)17)20(4)13-7-5-6-8-13/h9-10,13,19H,5-8,11H2,1-4H3. The van der Waals surface area contributed by atoms with Crippen LogP contribution in [0, 0.1) is 5.82 Å². The molecule has 20 heavy (non-hydrogen) atoms. The van der Waals surface area contributed by atoms with Crippen LogP contribution >= 0.6 is 0 Å². The van der Waals surface area contributed by atoms with E-state index in [1.165, 1.54) is 12.8 Å². The number of hydrogen-bond donors (Lipinski definition) is 1. The van der Waals surface area contributed by atoms with Crippen molar-refractivity contribution in [2.75, 3.05) is 11.9 Å². The minimum atomic E-state index is -0.182. The van der Waals surface area contributed by atoms with E-state index in [4.69, 9.17) is 0 Å². The molecule has 1 aromatic heterocycles. The molecule has 1 N–H and O–H groups in total. The molecule has 0 amide bonds. The first kappa shape index (κ1) is 15.2. The first-order valence-electron chi connectivity index (χ1n) is 7.50. The van der Waals surface area contributed by atoms with Crippen molar-refractivity contribution in [3.8, 4) is 0 Å². The zero-order chi connectivity index (χ0) is 14.8. The molecule has 0 spiro atoms. The second-order valence-electron chi connectivity index (χ2n) is 6.76. The Morgan fingerprint density at radius 1 is 1.35 bits per heavy atom. The number of nitrogens with one attached hydrogen (secondary N) is 1. The van der Waals surface area contributed by atoms with E-state index in [1.807, 2.05) is 11.9 Å². The van der Waals surface area contributed by atoms with Crippen LogP contribution in [0.1, 0.15) is 52.0 Å².